The van der Waals surface area contributed by atoms with E-state index in [1.807, 2.05) is 18.2 Å². The molecular weight excluding hydrogens is 411 g/mol. The number of hydrogen-bond acceptors (Lipinski definition) is 6. The fourth-order valence-corrected chi connectivity index (χ4v) is 5.42. The summed E-state index contributed by atoms with van der Waals surface area (Å²) in [5, 5.41) is 13.7. The van der Waals surface area contributed by atoms with Crippen molar-refractivity contribution < 1.29 is 13.9 Å². The summed E-state index contributed by atoms with van der Waals surface area (Å²) in [6.45, 7) is 1.28. The molecule has 162 valence electrons. The molecule has 8 nitrogen and oxygen atoms in total. The van der Waals surface area contributed by atoms with Crippen LogP contribution >= 0.6 is 0 Å². The zero-order valence-electron chi connectivity index (χ0n) is 17.3. The maximum absolute atomic E-state index is 13.7. The molecule has 2 atom stereocenters. The highest BCUT2D eigenvalue weighted by Gasteiger charge is 2.58. The monoisotopic (exact) mass is 432 g/mol. The molecule has 0 bridgehead atoms. The highest BCUT2D eigenvalue weighted by atomic mass is 19.1. The number of halogens is 1. The van der Waals surface area contributed by atoms with Crippen molar-refractivity contribution in [1.29, 1.82) is 5.26 Å². The second-order valence-electron chi connectivity index (χ2n) is 8.64. The Hall–Kier alpha value is -3.51. The van der Waals surface area contributed by atoms with Gasteiger partial charge in [0.05, 0.1) is 29.5 Å². The van der Waals surface area contributed by atoms with E-state index in [9.17, 15) is 14.4 Å². The van der Waals surface area contributed by atoms with Crippen molar-refractivity contribution in [2.45, 2.75) is 43.6 Å². The van der Waals surface area contributed by atoms with E-state index in [2.05, 4.69) is 21.1 Å². The lowest BCUT2D eigenvalue weighted by molar-refractivity contribution is -0.140. The van der Waals surface area contributed by atoms with Crippen LogP contribution in [0.25, 0.3) is 5.52 Å². The van der Waals surface area contributed by atoms with Crippen LogP contribution in [0, 0.1) is 17.1 Å². The molecule has 6 heterocycles. The number of nitrogens with zero attached hydrogens (tertiary/aromatic N) is 6. The summed E-state index contributed by atoms with van der Waals surface area (Å²) in [6, 6.07) is 8.99. The average molecular weight is 432 g/mol. The van der Waals surface area contributed by atoms with Gasteiger partial charge in [0.1, 0.15) is 23.9 Å². The van der Waals surface area contributed by atoms with Gasteiger partial charge in [0.25, 0.3) is 5.91 Å². The third kappa shape index (κ3) is 2.72. The minimum atomic E-state index is -0.837. The van der Waals surface area contributed by atoms with Crippen LogP contribution in [0.15, 0.2) is 42.9 Å². The molecule has 3 fully saturated rings. The number of aromatic nitrogens is 3. The molecule has 1 amide bonds. The predicted octanol–water partition coefficient (Wildman–Crippen LogP) is 2.80. The van der Waals surface area contributed by atoms with E-state index in [1.54, 1.807) is 21.8 Å². The molecule has 3 saturated heterocycles. The van der Waals surface area contributed by atoms with Crippen LogP contribution in [0.3, 0.4) is 0 Å². The summed E-state index contributed by atoms with van der Waals surface area (Å²) in [6.07, 6.45) is 6.84. The van der Waals surface area contributed by atoms with Crippen molar-refractivity contribution in [2.75, 3.05) is 18.0 Å². The molecule has 1 spiro atoms. The molecule has 0 radical (unpaired) electrons. The first-order valence-corrected chi connectivity index (χ1v) is 10.8. The summed E-state index contributed by atoms with van der Waals surface area (Å²) >= 11 is 0. The Labute approximate surface area is 183 Å². The van der Waals surface area contributed by atoms with Crippen LogP contribution in [0.4, 0.5) is 10.2 Å². The van der Waals surface area contributed by atoms with Gasteiger partial charge in [-0.05, 0) is 42.7 Å². The molecule has 0 aromatic carbocycles. The van der Waals surface area contributed by atoms with Crippen LogP contribution in [0.1, 0.15) is 42.9 Å². The van der Waals surface area contributed by atoms with Crippen molar-refractivity contribution in [3.63, 3.8) is 0 Å². The number of nitriles is 1. The van der Waals surface area contributed by atoms with Crippen molar-refractivity contribution in [3.8, 4) is 6.07 Å². The number of fused-ring (bicyclic) bond motifs is 2. The standard InChI is InChI=1S/C23H21FN6O2/c24-17-11-16(13-26-14-17)18-2-4-21-29(18)22(31)23(32-21)6-9-28(10-7-23)20-3-1-15(12-25)19-5-8-27-30(19)20/h1,3,5,8,11,13-14,18,21H,2,4,6-7,9-10H2. The van der Waals surface area contributed by atoms with Gasteiger partial charge >= 0.3 is 0 Å². The third-order valence-corrected chi connectivity index (χ3v) is 6.98. The SMILES string of the molecule is N#Cc1ccc(N2CCC3(CC2)OC2CCC(c4cncc(F)c4)N2C3=O)n2nccc12. The Morgan fingerprint density at radius 2 is 2.03 bits per heavy atom. The van der Waals surface area contributed by atoms with E-state index in [0.29, 0.717) is 31.5 Å². The number of ether oxygens (including phenoxy) is 1. The second kappa shape index (κ2) is 7.00. The molecule has 3 aromatic heterocycles. The summed E-state index contributed by atoms with van der Waals surface area (Å²) in [5.41, 5.74) is 1.23. The molecular formula is C23H21FN6O2. The fourth-order valence-electron chi connectivity index (χ4n) is 5.42. The molecule has 9 heteroatoms. The van der Waals surface area contributed by atoms with E-state index < -0.39 is 11.4 Å². The lowest BCUT2D eigenvalue weighted by Crippen LogP contribution is -2.50. The molecule has 32 heavy (non-hydrogen) atoms. The van der Waals surface area contributed by atoms with Crippen molar-refractivity contribution in [2.24, 2.45) is 0 Å². The number of anilines is 1. The molecule has 0 N–H and O–H groups in total. The smallest absolute Gasteiger partial charge is 0.257 e. The highest BCUT2D eigenvalue weighted by Crippen LogP contribution is 2.47. The van der Waals surface area contributed by atoms with Crippen molar-refractivity contribution in [1.82, 2.24) is 19.5 Å². The molecule has 3 aromatic rings. The Bertz CT molecular complexity index is 1260. The number of rotatable bonds is 2. The number of pyridine rings is 2. The second-order valence-corrected chi connectivity index (χ2v) is 8.64. The van der Waals surface area contributed by atoms with Gasteiger partial charge in [-0.1, -0.05) is 0 Å². The van der Waals surface area contributed by atoms with Gasteiger partial charge in [-0.25, -0.2) is 8.91 Å². The van der Waals surface area contributed by atoms with Gasteiger partial charge in [0, 0.05) is 32.1 Å². The first-order valence-electron chi connectivity index (χ1n) is 10.8. The zero-order valence-corrected chi connectivity index (χ0v) is 17.3. The fraction of sp³-hybridized carbons (Fsp3) is 0.391. The first-order chi connectivity index (χ1) is 15.6. The molecule has 6 rings (SSSR count). The number of piperidine rings is 1. The molecule has 3 aliphatic heterocycles. The predicted molar refractivity (Wildman–Crippen MR) is 112 cm³/mol. The van der Waals surface area contributed by atoms with Crippen LogP contribution in [0.2, 0.25) is 0 Å². The Balaban J connectivity index is 1.23. The van der Waals surface area contributed by atoms with E-state index >= 15 is 0 Å². The van der Waals surface area contributed by atoms with Gasteiger partial charge in [-0.3, -0.25) is 9.78 Å². The van der Waals surface area contributed by atoms with E-state index in [-0.39, 0.29) is 18.2 Å². The average Bonchev–Trinajstić information content (AvgIpc) is 3.51. The molecule has 2 unspecified atom stereocenters. The van der Waals surface area contributed by atoms with Crippen LogP contribution in [-0.2, 0) is 9.53 Å². The highest BCUT2D eigenvalue weighted by molar-refractivity contribution is 5.88. The van der Waals surface area contributed by atoms with Crippen LogP contribution in [0.5, 0.6) is 0 Å². The maximum atomic E-state index is 13.7. The minimum Gasteiger partial charge on any atom is -0.356 e. The summed E-state index contributed by atoms with van der Waals surface area (Å²) in [4.78, 5) is 21.5. The summed E-state index contributed by atoms with van der Waals surface area (Å²) < 4.78 is 21.9. The number of hydrogen-bond donors (Lipinski definition) is 0. The molecule has 3 aliphatic rings. The molecule has 0 aliphatic carbocycles. The third-order valence-electron chi connectivity index (χ3n) is 6.98. The van der Waals surface area contributed by atoms with Gasteiger partial charge in [-0.2, -0.15) is 10.4 Å². The van der Waals surface area contributed by atoms with Gasteiger partial charge in [0.15, 0.2) is 5.60 Å². The minimum absolute atomic E-state index is 0.00187. The number of carbonyl (C=O) groups is 1. The van der Waals surface area contributed by atoms with E-state index in [0.717, 1.165) is 29.7 Å². The lowest BCUT2D eigenvalue weighted by atomic mass is 9.89. The topological polar surface area (TPSA) is 86.8 Å². The normalized spacial score (nSPS) is 24.3. The van der Waals surface area contributed by atoms with Gasteiger partial charge < -0.3 is 14.5 Å². The van der Waals surface area contributed by atoms with Gasteiger partial charge in [0.2, 0.25) is 0 Å². The maximum Gasteiger partial charge on any atom is 0.257 e. The summed E-state index contributed by atoms with van der Waals surface area (Å²) in [7, 11) is 0. The Morgan fingerprint density at radius 3 is 2.81 bits per heavy atom. The van der Waals surface area contributed by atoms with E-state index in [4.69, 9.17) is 4.74 Å². The first kappa shape index (κ1) is 19.2. The quantitative estimate of drug-likeness (QED) is 0.619. The Kier molecular flexibility index (Phi) is 4.20. The van der Waals surface area contributed by atoms with E-state index in [1.165, 1.54) is 12.3 Å². The van der Waals surface area contributed by atoms with Crippen molar-refractivity contribution >= 4 is 17.2 Å². The van der Waals surface area contributed by atoms with Gasteiger partial charge in [-0.15, -0.1) is 0 Å². The van der Waals surface area contributed by atoms with Crippen LogP contribution in [-0.4, -0.2) is 50.3 Å². The Morgan fingerprint density at radius 1 is 1.19 bits per heavy atom. The number of amides is 1. The zero-order chi connectivity index (χ0) is 21.9. The van der Waals surface area contributed by atoms with Crippen molar-refractivity contribution in [3.05, 3.63) is 59.8 Å². The van der Waals surface area contributed by atoms with Crippen LogP contribution < -0.4 is 4.90 Å². The molecule has 0 saturated carbocycles. The lowest BCUT2D eigenvalue weighted by Gasteiger charge is -2.38. The summed E-state index contributed by atoms with van der Waals surface area (Å²) in [5.74, 6) is 0.500. The largest absolute Gasteiger partial charge is 0.356 e. The number of carbonyl (C=O) groups excluding carboxylic acids is 1.